The molecule has 1 aliphatic heterocycles. The molecule has 0 unspecified atom stereocenters. The summed E-state index contributed by atoms with van der Waals surface area (Å²) in [5, 5.41) is 0.628. The van der Waals surface area contributed by atoms with Gasteiger partial charge < -0.3 is 9.64 Å². The molecule has 1 saturated heterocycles. The van der Waals surface area contributed by atoms with Gasteiger partial charge in [0.15, 0.2) is 15.0 Å². The van der Waals surface area contributed by atoms with Crippen LogP contribution in [0.25, 0.3) is 10.9 Å². The van der Waals surface area contributed by atoms with Gasteiger partial charge in [-0.25, -0.2) is 13.4 Å². The first-order chi connectivity index (χ1) is 15.8. The fourth-order valence-corrected chi connectivity index (χ4v) is 7.25. The van der Waals surface area contributed by atoms with Crippen molar-refractivity contribution in [1.82, 2.24) is 14.5 Å². The SMILES string of the molecule is COC(=O)Cn1c(SCC(=O)N(C2CCCC2)[C@H]2CCS(=O)(=O)C2)nc2ccccc2c1=O. The molecule has 0 spiro atoms. The molecule has 11 heteroatoms. The molecule has 4 rings (SSSR count). The summed E-state index contributed by atoms with van der Waals surface area (Å²) in [6.45, 7) is -0.309. The molecule has 1 saturated carbocycles. The van der Waals surface area contributed by atoms with Gasteiger partial charge in [-0.1, -0.05) is 36.7 Å². The zero-order valence-corrected chi connectivity index (χ0v) is 20.1. The van der Waals surface area contributed by atoms with Gasteiger partial charge in [-0.05, 0) is 31.4 Å². The number of ether oxygens (including phenoxy) is 1. The Morgan fingerprint density at radius 2 is 1.91 bits per heavy atom. The van der Waals surface area contributed by atoms with Crippen LogP contribution in [0.1, 0.15) is 32.1 Å². The van der Waals surface area contributed by atoms with Gasteiger partial charge in [0.05, 0.1) is 35.3 Å². The van der Waals surface area contributed by atoms with E-state index in [1.54, 1.807) is 29.2 Å². The summed E-state index contributed by atoms with van der Waals surface area (Å²) in [5.41, 5.74) is 0.101. The number of nitrogens with zero attached hydrogens (tertiary/aromatic N) is 3. The van der Waals surface area contributed by atoms with E-state index in [4.69, 9.17) is 4.74 Å². The summed E-state index contributed by atoms with van der Waals surface area (Å²) in [6, 6.07) is 6.56. The lowest BCUT2D eigenvalue weighted by molar-refractivity contribution is -0.141. The van der Waals surface area contributed by atoms with E-state index in [9.17, 15) is 22.8 Å². The number of methoxy groups -OCH3 is 1. The molecule has 1 aromatic carbocycles. The molecule has 0 N–H and O–H groups in total. The van der Waals surface area contributed by atoms with E-state index >= 15 is 0 Å². The van der Waals surface area contributed by atoms with Crippen molar-refractivity contribution in [3.8, 4) is 0 Å². The van der Waals surface area contributed by atoms with Crippen LogP contribution in [-0.2, 0) is 30.7 Å². The van der Waals surface area contributed by atoms with Crippen molar-refractivity contribution in [2.75, 3.05) is 24.4 Å². The van der Waals surface area contributed by atoms with Crippen LogP contribution in [0.2, 0.25) is 0 Å². The quantitative estimate of drug-likeness (QED) is 0.325. The molecule has 33 heavy (non-hydrogen) atoms. The summed E-state index contributed by atoms with van der Waals surface area (Å²) in [6.07, 6.45) is 4.23. The average molecular weight is 494 g/mol. The Kier molecular flexibility index (Phi) is 7.08. The number of aromatic nitrogens is 2. The van der Waals surface area contributed by atoms with Crippen molar-refractivity contribution in [1.29, 1.82) is 0 Å². The number of carbonyl (C=O) groups excluding carboxylic acids is 2. The summed E-state index contributed by atoms with van der Waals surface area (Å²) < 4.78 is 30.1. The van der Waals surface area contributed by atoms with Crippen molar-refractivity contribution >= 4 is 44.4 Å². The van der Waals surface area contributed by atoms with Crippen molar-refractivity contribution < 1.29 is 22.7 Å². The van der Waals surface area contributed by atoms with Crippen LogP contribution >= 0.6 is 11.8 Å². The van der Waals surface area contributed by atoms with E-state index in [0.29, 0.717) is 17.3 Å². The minimum atomic E-state index is -3.13. The van der Waals surface area contributed by atoms with Crippen molar-refractivity contribution in [3.63, 3.8) is 0 Å². The average Bonchev–Trinajstić information content (AvgIpc) is 3.44. The Morgan fingerprint density at radius 1 is 1.18 bits per heavy atom. The standard InChI is InChI=1S/C22H27N3O6S2/c1-31-20(27)12-24-21(28)17-8-4-5-9-18(17)23-22(24)32-13-19(26)25(15-6-2-3-7-15)16-10-11-33(29,30)14-16/h4-5,8-9,15-16H,2-3,6-7,10-14H2,1H3/t16-/m0/s1. The highest BCUT2D eigenvalue weighted by Crippen LogP contribution is 2.30. The summed E-state index contributed by atoms with van der Waals surface area (Å²) >= 11 is 1.09. The van der Waals surface area contributed by atoms with E-state index in [1.807, 2.05) is 0 Å². The highest BCUT2D eigenvalue weighted by Gasteiger charge is 2.39. The van der Waals surface area contributed by atoms with Crippen LogP contribution in [-0.4, -0.2) is 71.2 Å². The van der Waals surface area contributed by atoms with Gasteiger partial charge in [-0.3, -0.25) is 19.0 Å². The first-order valence-electron chi connectivity index (χ1n) is 11.0. The van der Waals surface area contributed by atoms with Crippen LogP contribution in [0.15, 0.2) is 34.2 Å². The molecule has 2 heterocycles. The van der Waals surface area contributed by atoms with Gasteiger partial charge in [-0.15, -0.1) is 0 Å². The second-order valence-corrected chi connectivity index (χ2v) is 11.6. The molecule has 2 aliphatic rings. The number of sulfone groups is 1. The second-order valence-electron chi connectivity index (χ2n) is 8.46. The lowest BCUT2D eigenvalue weighted by Gasteiger charge is -2.34. The van der Waals surface area contributed by atoms with E-state index in [-0.39, 0.29) is 52.5 Å². The number of para-hydroxylation sites is 1. The summed E-state index contributed by atoms with van der Waals surface area (Å²) in [5.74, 6) is -0.654. The first kappa shape index (κ1) is 23.7. The van der Waals surface area contributed by atoms with Crippen LogP contribution in [0.5, 0.6) is 0 Å². The number of hydrogen-bond acceptors (Lipinski definition) is 8. The predicted octanol–water partition coefficient (Wildman–Crippen LogP) is 1.62. The normalized spacial score (nSPS) is 20.2. The number of hydrogen-bond donors (Lipinski definition) is 0. The fourth-order valence-electron chi connectivity index (χ4n) is 4.67. The molecule has 178 valence electrons. The minimum absolute atomic E-state index is 0.000992. The molecule has 1 amide bonds. The van der Waals surface area contributed by atoms with E-state index in [2.05, 4.69) is 4.98 Å². The Hall–Kier alpha value is -2.40. The Balaban J connectivity index is 1.60. The Bertz CT molecular complexity index is 1220. The number of carbonyl (C=O) groups is 2. The second kappa shape index (κ2) is 9.84. The molecular weight excluding hydrogens is 466 g/mol. The van der Waals surface area contributed by atoms with Gasteiger partial charge in [0.1, 0.15) is 6.54 Å². The largest absolute Gasteiger partial charge is 0.468 e. The Labute approximate surface area is 196 Å². The number of thioether (sulfide) groups is 1. The summed E-state index contributed by atoms with van der Waals surface area (Å²) in [4.78, 5) is 44.6. The van der Waals surface area contributed by atoms with E-state index < -0.39 is 15.8 Å². The van der Waals surface area contributed by atoms with Crippen molar-refractivity contribution in [2.45, 2.75) is 55.9 Å². The number of rotatable bonds is 7. The predicted molar refractivity (Wildman–Crippen MR) is 125 cm³/mol. The van der Waals surface area contributed by atoms with E-state index in [0.717, 1.165) is 37.4 Å². The van der Waals surface area contributed by atoms with Crippen LogP contribution < -0.4 is 5.56 Å². The molecule has 1 aliphatic carbocycles. The number of esters is 1. The van der Waals surface area contributed by atoms with Gasteiger partial charge in [0.25, 0.3) is 5.56 Å². The minimum Gasteiger partial charge on any atom is -0.468 e. The maximum atomic E-state index is 13.3. The molecule has 1 aromatic heterocycles. The van der Waals surface area contributed by atoms with Gasteiger partial charge in [0, 0.05) is 12.1 Å². The fraction of sp³-hybridized carbons (Fsp3) is 0.545. The molecule has 0 radical (unpaired) electrons. The molecule has 2 aromatic rings. The Morgan fingerprint density at radius 3 is 2.58 bits per heavy atom. The van der Waals surface area contributed by atoms with Gasteiger partial charge >= 0.3 is 5.97 Å². The number of amides is 1. The highest BCUT2D eigenvalue weighted by molar-refractivity contribution is 7.99. The maximum Gasteiger partial charge on any atom is 0.325 e. The van der Waals surface area contributed by atoms with Gasteiger partial charge in [-0.2, -0.15) is 0 Å². The van der Waals surface area contributed by atoms with Gasteiger partial charge in [0.2, 0.25) is 5.91 Å². The molecule has 9 nitrogen and oxygen atoms in total. The molecule has 1 atom stereocenters. The van der Waals surface area contributed by atoms with Crippen molar-refractivity contribution in [3.05, 3.63) is 34.6 Å². The van der Waals surface area contributed by atoms with E-state index in [1.165, 1.54) is 11.7 Å². The third kappa shape index (κ3) is 5.24. The third-order valence-corrected chi connectivity index (χ3v) is 8.99. The lowest BCUT2D eigenvalue weighted by atomic mass is 10.1. The summed E-state index contributed by atoms with van der Waals surface area (Å²) in [7, 11) is -1.89. The molecule has 2 fully saturated rings. The first-order valence-corrected chi connectivity index (χ1v) is 13.8. The zero-order chi connectivity index (χ0) is 23.6. The number of benzene rings is 1. The van der Waals surface area contributed by atoms with Crippen molar-refractivity contribution in [2.24, 2.45) is 0 Å². The maximum absolute atomic E-state index is 13.3. The zero-order valence-electron chi connectivity index (χ0n) is 18.4. The lowest BCUT2D eigenvalue weighted by Crippen LogP contribution is -2.47. The number of fused-ring (bicyclic) bond motifs is 1. The van der Waals surface area contributed by atoms with Crippen LogP contribution in [0.4, 0.5) is 0 Å². The molecule has 0 bridgehead atoms. The smallest absolute Gasteiger partial charge is 0.325 e. The topological polar surface area (TPSA) is 116 Å². The van der Waals surface area contributed by atoms with Crippen LogP contribution in [0, 0.1) is 0 Å². The third-order valence-electron chi connectivity index (χ3n) is 6.27. The monoisotopic (exact) mass is 493 g/mol. The molecular formula is C22H27N3O6S2. The highest BCUT2D eigenvalue weighted by atomic mass is 32.2. The van der Waals surface area contributed by atoms with Crippen LogP contribution in [0.3, 0.4) is 0 Å².